The molecule has 1 aliphatic rings. The van der Waals surface area contributed by atoms with Gasteiger partial charge in [-0.25, -0.2) is 8.42 Å². The van der Waals surface area contributed by atoms with Crippen molar-refractivity contribution in [2.24, 2.45) is 0 Å². The first-order chi connectivity index (χ1) is 14.8. The Balaban J connectivity index is 1.81. The van der Waals surface area contributed by atoms with Gasteiger partial charge in [0.2, 0.25) is 0 Å². The van der Waals surface area contributed by atoms with Crippen LogP contribution in [0, 0.1) is 0 Å². The van der Waals surface area contributed by atoms with Crippen LogP contribution in [0.1, 0.15) is 43.1 Å². The van der Waals surface area contributed by atoms with Gasteiger partial charge in [0.15, 0.2) is 0 Å². The Kier molecular flexibility index (Phi) is 7.62. The van der Waals surface area contributed by atoms with E-state index in [1.807, 2.05) is 24.3 Å². The highest BCUT2D eigenvalue weighted by Gasteiger charge is 2.30. The molecule has 1 N–H and O–H groups in total. The number of benzene rings is 2. The maximum atomic E-state index is 13.4. The second-order valence-corrected chi connectivity index (χ2v) is 10.2. The summed E-state index contributed by atoms with van der Waals surface area (Å²) in [6.45, 7) is 8.75. The van der Waals surface area contributed by atoms with Gasteiger partial charge in [-0.3, -0.25) is 14.0 Å². The lowest BCUT2D eigenvalue weighted by molar-refractivity contribution is 0.0946. The number of hydrogen-bond acceptors (Lipinski definition) is 4. The predicted octanol–water partition coefficient (Wildman–Crippen LogP) is 3.94. The number of nitrogens with zero attached hydrogens (tertiary/aromatic N) is 2. The van der Waals surface area contributed by atoms with Crippen LogP contribution in [0.4, 0.5) is 5.69 Å². The Morgan fingerprint density at radius 1 is 1.23 bits per heavy atom. The normalized spacial score (nSPS) is 14.1. The molecule has 0 saturated carbocycles. The first-order valence-electron chi connectivity index (χ1n) is 10.7. The summed E-state index contributed by atoms with van der Waals surface area (Å²) in [5.74, 6) is -0.374. The van der Waals surface area contributed by atoms with Gasteiger partial charge in [-0.05, 0) is 63.1 Å². The van der Waals surface area contributed by atoms with Crippen molar-refractivity contribution >= 4 is 33.2 Å². The second kappa shape index (κ2) is 10.0. The molecule has 8 heteroatoms. The summed E-state index contributed by atoms with van der Waals surface area (Å²) in [6, 6.07) is 12.2. The summed E-state index contributed by atoms with van der Waals surface area (Å²) in [5.41, 5.74) is 1.87. The highest BCUT2D eigenvalue weighted by Crippen LogP contribution is 2.32. The fourth-order valence-electron chi connectivity index (χ4n) is 3.90. The number of para-hydroxylation sites is 1. The molecule has 0 spiro atoms. The van der Waals surface area contributed by atoms with Crippen molar-refractivity contribution in [2.45, 2.75) is 44.6 Å². The summed E-state index contributed by atoms with van der Waals surface area (Å²) in [5, 5.41) is 3.09. The molecule has 0 aromatic heterocycles. The summed E-state index contributed by atoms with van der Waals surface area (Å²) < 4.78 is 28.2. The van der Waals surface area contributed by atoms with Crippen LogP contribution in [-0.4, -0.2) is 51.4 Å². The molecule has 2 aromatic carbocycles. The van der Waals surface area contributed by atoms with E-state index in [-0.39, 0.29) is 21.4 Å². The molecule has 2 aromatic rings. The molecular weight excluding hydrogens is 434 g/mol. The monoisotopic (exact) mass is 463 g/mol. The van der Waals surface area contributed by atoms with Gasteiger partial charge in [0.25, 0.3) is 15.9 Å². The zero-order valence-corrected chi connectivity index (χ0v) is 19.8. The lowest BCUT2D eigenvalue weighted by Crippen LogP contribution is -2.38. The van der Waals surface area contributed by atoms with Crippen molar-refractivity contribution < 1.29 is 13.2 Å². The number of nitrogens with one attached hydrogen (secondary N) is 1. The van der Waals surface area contributed by atoms with Crippen LogP contribution in [0.5, 0.6) is 0 Å². The van der Waals surface area contributed by atoms with Gasteiger partial charge in [-0.15, -0.1) is 0 Å². The third kappa shape index (κ3) is 5.22. The van der Waals surface area contributed by atoms with Crippen molar-refractivity contribution in [3.05, 3.63) is 58.6 Å². The minimum absolute atomic E-state index is 0.0659. The van der Waals surface area contributed by atoms with E-state index in [4.69, 9.17) is 11.6 Å². The van der Waals surface area contributed by atoms with Crippen molar-refractivity contribution in [2.75, 3.05) is 30.5 Å². The Morgan fingerprint density at radius 3 is 2.68 bits per heavy atom. The molecule has 0 bridgehead atoms. The summed E-state index contributed by atoms with van der Waals surface area (Å²) >= 11 is 6.25. The number of amides is 1. The zero-order chi connectivity index (χ0) is 22.6. The van der Waals surface area contributed by atoms with Crippen molar-refractivity contribution in [3.63, 3.8) is 0 Å². The topological polar surface area (TPSA) is 69.7 Å². The van der Waals surface area contributed by atoms with Gasteiger partial charge in [-0.1, -0.05) is 36.7 Å². The standard InChI is InChI=1S/C23H30ClN3O3S/c1-4-26(17(2)3)15-13-25-23(28)20-16-19(11-12-21(20)24)31(29,30)27-14-7-9-18-8-5-6-10-22(18)27/h5-6,8,10-12,16-17H,4,7,9,13-15H2,1-3H3,(H,25,28). The van der Waals surface area contributed by atoms with Crippen LogP contribution in [-0.2, 0) is 16.4 Å². The van der Waals surface area contributed by atoms with Gasteiger partial charge in [0, 0.05) is 25.7 Å². The number of anilines is 1. The van der Waals surface area contributed by atoms with E-state index in [1.165, 1.54) is 22.5 Å². The minimum Gasteiger partial charge on any atom is -0.351 e. The van der Waals surface area contributed by atoms with E-state index in [9.17, 15) is 13.2 Å². The van der Waals surface area contributed by atoms with Gasteiger partial charge < -0.3 is 5.32 Å². The SMILES string of the molecule is CCN(CCNC(=O)c1cc(S(=O)(=O)N2CCCc3ccccc32)ccc1Cl)C(C)C. The first kappa shape index (κ1) is 23.6. The fourth-order valence-corrected chi connectivity index (χ4v) is 5.68. The molecule has 6 nitrogen and oxygen atoms in total. The Morgan fingerprint density at radius 2 is 1.97 bits per heavy atom. The number of hydrogen-bond donors (Lipinski definition) is 1. The fraction of sp³-hybridized carbons (Fsp3) is 0.435. The molecule has 3 rings (SSSR count). The highest BCUT2D eigenvalue weighted by molar-refractivity contribution is 7.92. The van der Waals surface area contributed by atoms with E-state index < -0.39 is 10.0 Å². The van der Waals surface area contributed by atoms with Gasteiger partial charge >= 0.3 is 0 Å². The number of carbonyl (C=O) groups is 1. The maximum absolute atomic E-state index is 13.4. The van der Waals surface area contributed by atoms with Crippen LogP contribution >= 0.6 is 11.6 Å². The van der Waals surface area contributed by atoms with Gasteiger partial charge in [-0.2, -0.15) is 0 Å². The third-order valence-electron chi connectivity index (χ3n) is 5.66. The van der Waals surface area contributed by atoms with E-state index in [2.05, 4.69) is 31.0 Å². The van der Waals surface area contributed by atoms with E-state index in [0.29, 0.717) is 31.4 Å². The van der Waals surface area contributed by atoms with Gasteiger partial charge in [0.05, 0.1) is 21.2 Å². The first-order valence-corrected chi connectivity index (χ1v) is 12.5. The smallest absolute Gasteiger partial charge is 0.264 e. The van der Waals surface area contributed by atoms with Crippen LogP contribution < -0.4 is 9.62 Å². The van der Waals surface area contributed by atoms with E-state index in [1.54, 1.807) is 0 Å². The molecule has 1 heterocycles. The van der Waals surface area contributed by atoms with Crippen LogP contribution in [0.2, 0.25) is 5.02 Å². The predicted molar refractivity (Wildman–Crippen MR) is 125 cm³/mol. The summed E-state index contributed by atoms with van der Waals surface area (Å²) in [7, 11) is -3.81. The third-order valence-corrected chi connectivity index (χ3v) is 7.80. The Hall–Kier alpha value is -2.09. The maximum Gasteiger partial charge on any atom is 0.264 e. The van der Waals surface area contributed by atoms with Crippen LogP contribution in [0.25, 0.3) is 0 Å². The summed E-state index contributed by atoms with van der Waals surface area (Å²) in [4.78, 5) is 15.0. The number of sulfonamides is 1. The quantitative estimate of drug-likeness (QED) is 0.643. The average Bonchev–Trinajstić information content (AvgIpc) is 2.76. The molecule has 0 radical (unpaired) electrons. The number of likely N-dealkylation sites (N-methyl/N-ethyl adjacent to an activating group) is 1. The number of carbonyl (C=O) groups excluding carboxylic acids is 1. The number of fused-ring (bicyclic) bond motifs is 1. The minimum atomic E-state index is -3.81. The molecular formula is C23H30ClN3O3S. The highest BCUT2D eigenvalue weighted by atomic mass is 35.5. The molecule has 0 unspecified atom stereocenters. The van der Waals surface area contributed by atoms with Crippen LogP contribution in [0.3, 0.4) is 0 Å². The second-order valence-electron chi connectivity index (χ2n) is 7.93. The molecule has 168 valence electrons. The molecule has 0 aliphatic carbocycles. The van der Waals surface area contributed by atoms with Crippen LogP contribution in [0.15, 0.2) is 47.4 Å². The molecule has 0 fully saturated rings. The lowest BCUT2D eigenvalue weighted by atomic mass is 10.0. The number of rotatable bonds is 8. The van der Waals surface area contributed by atoms with E-state index in [0.717, 1.165) is 24.9 Å². The van der Waals surface area contributed by atoms with Crippen molar-refractivity contribution in [1.82, 2.24) is 10.2 Å². The molecule has 0 saturated heterocycles. The summed E-state index contributed by atoms with van der Waals surface area (Å²) in [6.07, 6.45) is 1.60. The largest absolute Gasteiger partial charge is 0.351 e. The number of aryl methyl sites for hydroxylation is 1. The number of halogens is 1. The molecule has 31 heavy (non-hydrogen) atoms. The van der Waals surface area contributed by atoms with Gasteiger partial charge in [0.1, 0.15) is 0 Å². The van der Waals surface area contributed by atoms with E-state index >= 15 is 0 Å². The van der Waals surface area contributed by atoms with Crippen molar-refractivity contribution in [3.8, 4) is 0 Å². The Bertz CT molecular complexity index is 1040. The average molecular weight is 464 g/mol. The van der Waals surface area contributed by atoms with Crippen molar-refractivity contribution in [1.29, 1.82) is 0 Å². The zero-order valence-electron chi connectivity index (χ0n) is 18.3. The Labute approximate surface area is 190 Å². The molecule has 1 aliphatic heterocycles. The molecule has 1 amide bonds. The molecule has 0 atom stereocenters. The lowest BCUT2D eigenvalue weighted by Gasteiger charge is -2.30.